The molecule has 2 aromatic rings. The van der Waals surface area contributed by atoms with E-state index in [0.717, 1.165) is 5.56 Å². The van der Waals surface area contributed by atoms with Crippen LogP contribution in [0.5, 0.6) is 11.5 Å². The minimum absolute atomic E-state index is 0.0413. The first kappa shape index (κ1) is 19.5. The Balaban J connectivity index is 1.89. The lowest BCUT2D eigenvalue weighted by molar-refractivity contribution is 0.0912. The maximum absolute atomic E-state index is 12.8. The summed E-state index contributed by atoms with van der Waals surface area (Å²) >= 11 is 6.12. The summed E-state index contributed by atoms with van der Waals surface area (Å²) in [4.78, 5) is 12.7. The van der Waals surface area contributed by atoms with Crippen molar-refractivity contribution < 1.29 is 22.7 Å². The topological polar surface area (TPSA) is 93.7 Å². The Morgan fingerprint density at radius 3 is 2.52 bits per heavy atom. The lowest BCUT2D eigenvalue weighted by atomic mass is 9.93. The number of benzene rings is 2. The first-order valence-corrected chi connectivity index (χ1v) is 9.96. The number of carbonyl (C=O) groups excluding carboxylic acids is 1. The number of halogens is 1. The summed E-state index contributed by atoms with van der Waals surface area (Å²) in [5, 5.41) is 3.04. The highest BCUT2D eigenvalue weighted by molar-refractivity contribution is 7.89. The van der Waals surface area contributed by atoms with Crippen LogP contribution in [0.2, 0.25) is 5.02 Å². The summed E-state index contributed by atoms with van der Waals surface area (Å²) in [5.41, 5.74) is 0.108. The highest BCUT2D eigenvalue weighted by Crippen LogP contribution is 2.35. The Morgan fingerprint density at radius 1 is 1.11 bits per heavy atom. The molecule has 0 radical (unpaired) electrons. The second-order valence-corrected chi connectivity index (χ2v) is 8.79. The maximum atomic E-state index is 12.8. The van der Waals surface area contributed by atoms with Crippen LogP contribution >= 0.6 is 11.6 Å². The molecule has 0 saturated carbocycles. The van der Waals surface area contributed by atoms with Gasteiger partial charge in [-0.05, 0) is 56.8 Å². The van der Waals surface area contributed by atoms with Gasteiger partial charge >= 0.3 is 0 Å². The molecule has 1 amide bonds. The van der Waals surface area contributed by atoms with Crippen LogP contribution < -0.4 is 19.5 Å². The molecule has 3 rings (SSSR count). The minimum atomic E-state index is -3.69. The van der Waals surface area contributed by atoms with Gasteiger partial charge in [-0.15, -0.1) is 0 Å². The molecule has 2 aromatic carbocycles. The number of ether oxygens (including phenoxy) is 2. The third-order valence-corrected chi connectivity index (χ3v) is 6.02. The molecule has 7 nitrogen and oxygen atoms in total. The van der Waals surface area contributed by atoms with Crippen molar-refractivity contribution in [1.29, 1.82) is 0 Å². The maximum Gasteiger partial charge on any atom is 0.253 e. The van der Waals surface area contributed by atoms with Gasteiger partial charge in [0, 0.05) is 0 Å². The molecule has 27 heavy (non-hydrogen) atoms. The van der Waals surface area contributed by atoms with Gasteiger partial charge in [0.15, 0.2) is 11.5 Å². The summed E-state index contributed by atoms with van der Waals surface area (Å²) in [5.74, 6) is 0.764. The number of hydrogen-bond donors (Lipinski definition) is 2. The third kappa shape index (κ3) is 3.87. The molecule has 2 N–H and O–H groups in total. The molecular weight excluding hydrogens is 392 g/mol. The van der Waals surface area contributed by atoms with E-state index in [4.69, 9.17) is 21.1 Å². The van der Waals surface area contributed by atoms with Gasteiger partial charge in [-0.25, -0.2) is 13.1 Å². The van der Waals surface area contributed by atoms with Crippen LogP contribution in [0.4, 0.5) is 0 Å². The van der Waals surface area contributed by atoms with Crippen LogP contribution in [0, 0.1) is 0 Å². The number of carbonyl (C=O) groups is 1. The number of amides is 1. The Hall–Kier alpha value is -2.29. The van der Waals surface area contributed by atoms with Crippen LogP contribution in [0.25, 0.3) is 0 Å². The Morgan fingerprint density at radius 2 is 1.81 bits per heavy atom. The summed E-state index contributed by atoms with van der Waals surface area (Å²) in [7, 11) is -2.39. The normalized spacial score (nSPS) is 13.5. The fourth-order valence-corrected chi connectivity index (χ4v) is 3.63. The van der Waals surface area contributed by atoms with Gasteiger partial charge in [-0.2, -0.15) is 0 Å². The zero-order valence-electron chi connectivity index (χ0n) is 15.0. The Labute approximate surface area is 162 Å². The van der Waals surface area contributed by atoms with Gasteiger partial charge in [0.2, 0.25) is 16.8 Å². The number of sulfonamides is 1. The van der Waals surface area contributed by atoms with Gasteiger partial charge in [0.25, 0.3) is 5.91 Å². The van der Waals surface area contributed by atoms with Crippen LogP contribution in [0.1, 0.15) is 29.8 Å². The predicted octanol–water partition coefficient (Wildman–Crippen LogP) is 2.64. The molecule has 0 unspecified atom stereocenters. The van der Waals surface area contributed by atoms with E-state index < -0.39 is 21.5 Å². The monoisotopic (exact) mass is 410 g/mol. The Kier molecular flexibility index (Phi) is 5.07. The zero-order chi connectivity index (χ0) is 19.8. The van der Waals surface area contributed by atoms with Gasteiger partial charge in [-0.3, -0.25) is 4.79 Å². The van der Waals surface area contributed by atoms with Crippen LogP contribution in [-0.4, -0.2) is 28.2 Å². The number of nitrogens with one attached hydrogen (secondary N) is 2. The van der Waals surface area contributed by atoms with Crippen molar-refractivity contribution in [2.45, 2.75) is 24.3 Å². The first-order valence-electron chi connectivity index (χ1n) is 8.10. The third-order valence-electron chi connectivity index (χ3n) is 4.28. The van der Waals surface area contributed by atoms with Gasteiger partial charge in [0.1, 0.15) is 0 Å². The molecule has 0 bridgehead atoms. The smallest absolute Gasteiger partial charge is 0.253 e. The van der Waals surface area contributed by atoms with Crippen LogP contribution in [-0.2, 0) is 15.6 Å². The molecule has 144 valence electrons. The molecule has 9 heteroatoms. The first-order chi connectivity index (χ1) is 12.6. The van der Waals surface area contributed by atoms with E-state index in [9.17, 15) is 13.2 Å². The molecule has 0 atom stereocenters. The van der Waals surface area contributed by atoms with Gasteiger partial charge in [0.05, 0.1) is 21.0 Å². The molecule has 1 aliphatic rings. The second kappa shape index (κ2) is 7.03. The summed E-state index contributed by atoms with van der Waals surface area (Å²) in [6.07, 6.45) is 0. The van der Waals surface area contributed by atoms with E-state index in [1.165, 1.54) is 25.2 Å². The molecule has 0 aromatic heterocycles. The standard InChI is InChI=1S/C18H19ClN2O5S/c1-18(2,11-4-7-15-16(8-11)26-10-25-15)21-17(22)13-9-12(5-6-14(13)19)27(23,24)20-3/h4-9,20H,10H2,1-3H3,(H,21,22). The van der Waals surface area contributed by atoms with E-state index >= 15 is 0 Å². The van der Waals surface area contributed by atoms with Crippen molar-refractivity contribution in [1.82, 2.24) is 10.0 Å². The summed E-state index contributed by atoms with van der Waals surface area (Å²) in [6.45, 7) is 3.81. The molecule has 0 spiro atoms. The van der Waals surface area contributed by atoms with E-state index in [0.29, 0.717) is 11.5 Å². The van der Waals surface area contributed by atoms with Gasteiger partial charge in [-0.1, -0.05) is 17.7 Å². The molecular formula is C18H19ClN2O5S. The lowest BCUT2D eigenvalue weighted by Crippen LogP contribution is -2.41. The highest BCUT2D eigenvalue weighted by Gasteiger charge is 2.27. The Bertz CT molecular complexity index is 1000. The number of hydrogen-bond acceptors (Lipinski definition) is 5. The molecule has 1 aliphatic heterocycles. The summed E-state index contributed by atoms with van der Waals surface area (Å²) < 4.78 is 36.9. The van der Waals surface area contributed by atoms with Gasteiger partial charge < -0.3 is 14.8 Å². The van der Waals surface area contributed by atoms with Crippen molar-refractivity contribution in [2.75, 3.05) is 13.8 Å². The van der Waals surface area contributed by atoms with E-state index in [2.05, 4.69) is 10.0 Å². The largest absolute Gasteiger partial charge is 0.454 e. The number of rotatable bonds is 5. The quantitative estimate of drug-likeness (QED) is 0.790. The van der Waals surface area contributed by atoms with E-state index in [1.807, 2.05) is 19.9 Å². The average molecular weight is 411 g/mol. The van der Waals surface area contributed by atoms with Crippen molar-refractivity contribution in [3.05, 3.63) is 52.5 Å². The minimum Gasteiger partial charge on any atom is -0.454 e. The van der Waals surface area contributed by atoms with Crippen molar-refractivity contribution in [2.24, 2.45) is 0 Å². The van der Waals surface area contributed by atoms with E-state index in [1.54, 1.807) is 12.1 Å². The fraction of sp³-hybridized carbons (Fsp3) is 0.278. The van der Waals surface area contributed by atoms with Crippen LogP contribution in [0.3, 0.4) is 0 Å². The molecule has 0 aliphatic carbocycles. The molecule has 0 saturated heterocycles. The highest BCUT2D eigenvalue weighted by atomic mass is 35.5. The summed E-state index contributed by atoms with van der Waals surface area (Å²) in [6, 6.07) is 9.38. The van der Waals surface area contributed by atoms with E-state index in [-0.39, 0.29) is 22.3 Å². The van der Waals surface area contributed by atoms with Crippen molar-refractivity contribution in [3.63, 3.8) is 0 Å². The molecule has 0 fully saturated rings. The lowest BCUT2D eigenvalue weighted by Gasteiger charge is -2.27. The van der Waals surface area contributed by atoms with Crippen molar-refractivity contribution in [3.8, 4) is 11.5 Å². The SMILES string of the molecule is CNS(=O)(=O)c1ccc(Cl)c(C(=O)NC(C)(C)c2ccc3c(c2)OCO3)c1. The predicted molar refractivity (Wildman–Crippen MR) is 101 cm³/mol. The second-order valence-electron chi connectivity index (χ2n) is 6.50. The molecule has 1 heterocycles. The average Bonchev–Trinajstić information content (AvgIpc) is 3.09. The van der Waals surface area contributed by atoms with Crippen LogP contribution in [0.15, 0.2) is 41.3 Å². The van der Waals surface area contributed by atoms with Crippen molar-refractivity contribution >= 4 is 27.5 Å². The number of fused-ring (bicyclic) bond motifs is 1. The zero-order valence-corrected chi connectivity index (χ0v) is 16.6. The fourth-order valence-electron chi connectivity index (χ4n) is 2.67.